The fourth-order valence-corrected chi connectivity index (χ4v) is 1.57. The predicted molar refractivity (Wildman–Crippen MR) is 64.8 cm³/mol. The van der Waals surface area contributed by atoms with Gasteiger partial charge in [0.05, 0.1) is 21.3 Å². The van der Waals surface area contributed by atoms with Crippen LogP contribution in [0.25, 0.3) is 0 Å². The van der Waals surface area contributed by atoms with Gasteiger partial charge in [0.2, 0.25) is 0 Å². The van der Waals surface area contributed by atoms with Gasteiger partial charge in [0, 0.05) is 6.07 Å². The minimum atomic E-state index is -0.429. The van der Waals surface area contributed by atoms with Crippen molar-refractivity contribution in [1.82, 2.24) is 0 Å². The number of methoxy groups -OCH3 is 3. The van der Waals surface area contributed by atoms with Crippen LogP contribution in [0.2, 0.25) is 0 Å². The summed E-state index contributed by atoms with van der Waals surface area (Å²) in [5, 5.41) is 0. The molecule has 0 aliphatic heterocycles. The van der Waals surface area contributed by atoms with Crippen molar-refractivity contribution >= 4 is 5.97 Å². The Kier molecular flexibility index (Phi) is 4.57. The summed E-state index contributed by atoms with van der Waals surface area (Å²) in [6.07, 6.45) is 2.25. The summed E-state index contributed by atoms with van der Waals surface area (Å²) in [7, 11) is 4.40. The maximum absolute atomic E-state index is 11.7. The molecule has 0 atom stereocenters. The van der Waals surface area contributed by atoms with Crippen LogP contribution in [-0.2, 0) is 11.2 Å². The molecule has 0 aliphatic rings. The minimum Gasteiger partial charge on any atom is -0.497 e. The van der Waals surface area contributed by atoms with Gasteiger partial charge in [-0.25, -0.2) is 4.79 Å². The number of esters is 1. The molecule has 0 heterocycles. The Morgan fingerprint density at radius 3 is 2.47 bits per heavy atom. The quantitative estimate of drug-likeness (QED) is 0.581. The first-order valence-electron chi connectivity index (χ1n) is 5.12. The van der Waals surface area contributed by atoms with E-state index in [1.54, 1.807) is 25.3 Å². The molecule has 0 saturated heterocycles. The monoisotopic (exact) mass is 236 g/mol. The molecule has 0 radical (unpaired) electrons. The smallest absolute Gasteiger partial charge is 0.341 e. The standard InChI is InChI=1S/C13H16O4/c1-5-6-9-7-10(15-2)8-11(16-3)12(9)13(14)17-4/h5,7-8H,1,6H2,2-4H3. The Labute approximate surface area is 101 Å². The van der Waals surface area contributed by atoms with Gasteiger partial charge in [-0.15, -0.1) is 6.58 Å². The van der Waals surface area contributed by atoms with Gasteiger partial charge >= 0.3 is 5.97 Å². The van der Waals surface area contributed by atoms with E-state index in [-0.39, 0.29) is 0 Å². The van der Waals surface area contributed by atoms with E-state index >= 15 is 0 Å². The highest BCUT2D eigenvalue weighted by Crippen LogP contribution is 2.29. The topological polar surface area (TPSA) is 44.8 Å². The maximum atomic E-state index is 11.7. The van der Waals surface area contributed by atoms with Gasteiger partial charge in [-0.2, -0.15) is 0 Å². The van der Waals surface area contributed by atoms with Crippen molar-refractivity contribution in [2.75, 3.05) is 21.3 Å². The van der Waals surface area contributed by atoms with Gasteiger partial charge in [-0.05, 0) is 18.1 Å². The molecule has 0 bridgehead atoms. The van der Waals surface area contributed by atoms with E-state index in [0.29, 0.717) is 23.5 Å². The molecule has 17 heavy (non-hydrogen) atoms. The predicted octanol–water partition coefficient (Wildman–Crippen LogP) is 2.22. The Morgan fingerprint density at radius 1 is 1.29 bits per heavy atom. The molecular weight excluding hydrogens is 220 g/mol. The van der Waals surface area contributed by atoms with Crippen LogP contribution >= 0.6 is 0 Å². The van der Waals surface area contributed by atoms with Gasteiger partial charge in [0.1, 0.15) is 17.1 Å². The summed E-state index contributed by atoms with van der Waals surface area (Å²) in [5.41, 5.74) is 1.18. The van der Waals surface area contributed by atoms with E-state index in [0.717, 1.165) is 5.56 Å². The van der Waals surface area contributed by atoms with Gasteiger partial charge in [-0.1, -0.05) is 6.08 Å². The molecule has 4 heteroatoms. The summed E-state index contributed by atoms with van der Waals surface area (Å²) in [5.74, 6) is 0.640. The van der Waals surface area contributed by atoms with E-state index in [1.165, 1.54) is 14.2 Å². The molecule has 0 N–H and O–H groups in total. The molecule has 0 saturated carbocycles. The summed E-state index contributed by atoms with van der Waals surface area (Å²) in [6.45, 7) is 3.66. The molecule has 0 fully saturated rings. The summed E-state index contributed by atoms with van der Waals surface area (Å²) < 4.78 is 15.1. The van der Waals surface area contributed by atoms with Crippen LogP contribution in [0.3, 0.4) is 0 Å². The Hall–Kier alpha value is -1.97. The SMILES string of the molecule is C=CCc1cc(OC)cc(OC)c1C(=O)OC. The van der Waals surface area contributed by atoms with Crippen LogP contribution in [0.15, 0.2) is 24.8 Å². The first-order valence-corrected chi connectivity index (χ1v) is 5.12. The van der Waals surface area contributed by atoms with Crippen LogP contribution in [0.5, 0.6) is 11.5 Å². The zero-order valence-corrected chi connectivity index (χ0v) is 10.3. The molecule has 0 aliphatic carbocycles. The lowest BCUT2D eigenvalue weighted by Crippen LogP contribution is -2.08. The van der Waals surface area contributed by atoms with Crippen molar-refractivity contribution in [2.24, 2.45) is 0 Å². The molecule has 1 aromatic rings. The van der Waals surface area contributed by atoms with E-state index in [9.17, 15) is 4.79 Å². The molecule has 92 valence electrons. The van der Waals surface area contributed by atoms with Crippen molar-refractivity contribution in [3.05, 3.63) is 35.9 Å². The van der Waals surface area contributed by atoms with Gasteiger partial charge in [0.25, 0.3) is 0 Å². The number of ether oxygens (including phenoxy) is 3. The number of hydrogen-bond donors (Lipinski definition) is 0. The van der Waals surface area contributed by atoms with Crippen LogP contribution < -0.4 is 9.47 Å². The van der Waals surface area contributed by atoms with Crippen molar-refractivity contribution in [3.63, 3.8) is 0 Å². The molecular formula is C13H16O4. The molecule has 1 aromatic carbocycles. The first kappa shape index (κ1) is 13.1. The van der Waals surface area contributed by atoms with Gasteiger partial charge < -0.3 is 14.2 Å². The number of hydrogen-bond acceptors (Lipinski definition) is 4. The van der Waals surface area contributed by atoms with Crippen molar-refractivity contribution in [1.29, 1.82) is 0 Å². The lowest BCUT2D eigenvalue weighted by atomic mass is 10.0. The average molecular weight is 236 g/mol. The second-order valence-corrected chi connectivity index (χ2v) is 3.35. The highest BCUT2D eigenvalue weighted by atomic mass is 16.5. The van der Waals surface area contributed by atoms with Crippen molar-refractivity contribution in [2.45, 2.75) is 6.42 Å². The highest BCUT2D eigenvalue weighted by Gasteiger charge is 2.19. The zero-order chi connectivity index (χ0) is 12.8. The molecule has 0 amide bonds. The largest absolute Gasteiger partial charge is 0.497 e. The molecule has 1 rings (SSSR count). The lowest BCUT2D eigenvalue weighted by Gasteiger charge is -2.13. The number of allylic oxidation sites excluding steroid dienone is 1. The fourth-order valence-electron chi connectivity index (χ4n) is 1.57. The number of carbonyl (C=O) groups is 1. The second kappa shape index (κ2) is 5.94. The van der Waals surface area contributed by atoms with E-state index < -0.39 is 5.97 Å². The number of carbonyl (C=O) groups excluding carboxylic acids is 1. The Morgan fingerprint density at radius 2 is 2.00 bits per heavy atom. The van der Waals surface area contributed by atoms with Crippen LogP contribution in [-0.4, -0.2) is 27.3 Å². The number of benzene rings is 1. The average Bonchev–Trinajstić information content (AvgIpc) is 2.37. The lowest BCUT2D eigenvalue weighted by molar-refractivity contribution is 0.0596. The fraction of sp³-hybridized carbons (Fsp3) is 0.308. The van der Waals surface area contributed by atoms with E-state index in [2.05, 4.69) is 6.58 Å². The van der Waals surface area contributed by atoms with Gasteiger partial charge in [-0.3, -0.25) is 0 Å². The third kappa shape index (κ3) is 2.78. The van der Waals surface area contributed by atoms with Crippen LogP contribution in [0, 0.1) is 0 Å². The maximum Gasteiger partial charge on any atom is 0.341 e. The summed E-state index contributed by atoms with van der Waals surface area (Å²) in [6, 6.07) is 3.43. The van der Waals surface area contributed by atoms with E-state index in [4.69, 9.17) is 14.2 Å². The third-order valence-electron chi connectivity index (χ3n) is 2.37. The van der Waals surface area contributed by atoms with Crippen molar-refractivity contribution in [3.8, 4) is 11.5 Å². The van der Waals surface area contributed by atoms with Crippen LogP contribution in [0.1, 0.15) is 15.9 Å². The first-order chi connectivity index (χ1) is 8.17. The summed E-state index contributed by atoms with van der Waals surface area (Å²) >= 11 is 0. The third-order valence-corrected chi connectivity index (χ3v) is 2.37. The zero-order valence-electron chi connectivity index (χ0n) is 10.3. The van der Waals surface area contributed by atoms with Gasteiger partial charge in [0.15, 0.2) is 0 Å². The molecule has 0 unspecified atom stereocenters. The Bertz CT molecular complexity index is 424. The molecule has 0 spiro atoms. The normalized spacial score (nSPS) is 9.59. The number of rotatable bonds is 5. The molecule has 4 nitrogen and oxygen atoms in total. The summed E-state index contributed by atoms with van der Waals surface area (Å²) in [4.78, 5) is 11.7. The van der Waals surface area contributed by atoms with Crippen molar-refractivity contribution < 1.29 is 19.0 Å². The highest BCUT2D eigenvalue weighted by molar-refractivity contribution is 5.94. The van der Waals surface area contributed by atoms with E-state index in [1.807, 2.05) is 0 Å². The molecule has 0 aromatic heterocycles. The Balaban J connectivity index is 3.39. The minimum absolute atomic E-state index is 0.413. The second-order valence-electron chi connectivity index (χ2n) is 3.35. The van der Waals surface area contributed by atoms with Crippen LogP contribution in [0.4, 0.5) is 0 Å².